The van der Waals surface area contributed by atoms with E-state index in [2.05, 4.69) is 0 Å². The maximum Gasteiger partial charge on any atom is 0.290 e. The molecule has 0 aliphatic carbocycles. The Kier molecular flexibility index (Phi) is 4.68. The molecule has 1 aromatic heterocycles. The Labute approximate surface area is 165 Å². The minimum atomic E-state index is -0.613. The lowest BCUT2D eigenvalue weighted by molar-refractivity contribution is 0.0663. The van der Waals surface area contributed by atoms with Crippen LogP contribution in [-0.2, 0) is 4.74 Å². The van der Waals surface area contributed by atoms with Crippen molar-refractivity contribution in [2.24, 2.45) is 0 Å². The van der Waals surface area contributed by atoms with Gasteiger partial charge in [0.05, 0.1) is 33.6 Å². The van der Waals surface area contributed by atoms with E-state index < -0.39 is 6.04 Å². The van der Waals surface area contributed by atoms with Crippen molar-refractivity contribution < 1.29 is 13.9 Å². The summed E-state index contributed by atoms with van der Waals surface area (Å²) in [7, 11) is 1.56. The summed E-state index contributed by atoms with van der Waals surface area (Å²) in [4.78, 5) is 27.8. The van der Waals surface area contributed by atoms with Crippen LogP contribution in [0.15, 0.2) is 51.7 Å². The van der Waals surface area contributed by atoms with Crippen molar-refractivity contribution in [3.63, 3.8) is 0 Å². The van der Waals surface area contributed by atoms with Gasteiger partial charge in [-0.3, -0.25) is 9.59 Å². The summed E-state index contributed by atoms with van der Waals surface area (Å²) in [5, 5.41) is 1.19. The summed E-state index contributed by atoms with van der Waals surface area (Å²) >= 11 is 12.2. The van der Waals surface area contributed by atoms with E-state index in [0.29, 0.717) is 45.3 Å². The zero-order valence-electron chi connectivity index (χ0n) is 14.4. The minimum absolute atomic E-state index is 0.0610. The highest BCUT2D eigenvalue weighted by Gasteiger charge is 2.42. The van der Waals surface area contributed by atoms with Gasteiger partial charge in [-0.2, -0.15) is 0 Å². The van der Waals surface area contributed by atoms with E-state index in [0.717, 1.165) is 0 Å². The van der Waals surface area contributed by atoms with Gasteiger partial charge in [0.1, 0.15) is 5.58 Å². The van der Waals surface area contributed by atoms with Crippen LogP contribution in [0.4, 0.5) is 0 Å². The van der Waals surface area contributed by atoms with E-state index >= 15 is 0 Å². The Morgan fingerprint density at radius 1 is 1.11 bits per heavy atom. The number of benzene rings is 2. The fraction of sp³-hybridized carbons (Fsp3) is 0.200. The third-order valence-corrected chi connectivity index (χ3v) is 5.41. The van der Waals surface area contributed by atoms with E-state index in [1.54, 1.807) is 54.5 Å². The van der Waals surface area contributed by atoms with E-state index in [9.17, 15) is 9.59 Å². The first-order valence-electron chi connectivity index (χ1n) is 8.33. The van der Waals surface area contributed by atoms with Crippen LogP contribution in [0.5, 0.6) is 0 Å². The summed E-state index contributed by atoms with van der Waals surface area (Å²) in [6.45, 7) is 0.630. The van der Waals surface area contributed by atoms with Gasteiger partial charge in [-0.25, -0.2) is 0 Å². The first-order chi connectivity index (χ1) is 13.0. The molecule has 0 spiro atoms. The lowest BCUT2D eigenvalue weighted by Crippen LogP contribution is -2.32. The summed E-state index contributed by atoms with van der Waals surface area (Å²) in [6, 6.07) is 11.4. The van der Waals surface area contributed by atoms with Crippen LogP contribution >= 0.6 is 23.2 Å². The molecule has 0 radical (unpaired) electrons. The van der Waals surface area contributed by atoms with Crippen molar-refractivity contribution in [1.82, 2.24) is 4.90 Å². The third-order valence-electron chi connectivity index (χ3n) is 4.67. The number of ether oxygens (including phenoxy) is 1. The van der Waals surface area contributed by atoms with Gasteiger partial charge in [-0.05, 0) is 29.8 Å². The van der Waals surface area contributed by atoms with Crippen molar-refractivity contribution in [1.29, 1.82) is 0 Å². The number of para-hydroxylation sites is 1. The lowest BCUT2D eigenvalue weighted by Gasteiger charge is -2.25. The molecule has 1 aliphatic heterocycles. The van der Waals surface area contributed by atoms with Crippen molar-refractivity contribution in [2.45, 2.75) is 6.04 Å². The summed E-state index contributed by atoms with van der Waals surface area (Å²) in [5.41, 5.74) is 1.16. The first kappa shape index (κ1) is 18.0. The lowest BCUT2D eigenvalue weighted by atomic mass is 9.98. The molecule has 0 bridgehead atoms. The van der Waals surface area contributed by atoms with Crippen LogP contribution in [-0.4, -0.2) is 31.1 Å². The molecule has 1 amide bonds. The molecule has 4 rings (SSSR count). The van der Waals surface area contributed by atoms with Crippen LogP contribution in [0, 0.1) is 0 Å². The quantitative estimate of drug-likeness (QED) is 0.651. The Morgan fingerprint density at radius 3 is 2.63 bits per heavy atom. The highest BCUT2D eigenvalue weighted by molar-refractivity contribution is 6.42. The van der Waals surface area contributed by atoms with E-state index in [4.69, 9.17) is 32.4 Å². The summed E-state index contributed by atoms with van der Waals surface area (Å²) in [6.07, 6.45) is 0. The standard InChI is InChI=1S/C20H15Cl2NO4/c1-26-9-8-23-17(11-6-7-13(21)14(22)10-11)16-18(24)12-4-2-3-5-15(12)27-19(16)20(23)25/h2-7,10,17H,8-9H2,1H3/t17-/m0/s1. The number of amides is 1. The van der Waals surface area contributed by atoms with Crippen LogP contribution in [0.1, 0.15) is 27.7 Å². The minimum Gasteiger partial charge on any atom is -0.450 e. The van der Waals surface area contributed by atoms with Gasteiger partial charge in [0, 0.05) is 13.7 Å². The second kappa shape index (κ2) is 7.00. The monoisotopic (exact) mass is 403 g/mol. The fourth-order valence-electron chi connectivity index (χ4n) is 3.42. The van der Waals surface area contributed by atoms with Crippen LogP contribution < -0.4 is 5.43 Å². The van der Waals surface area contributed by atoms with Crippen LogP contribution in [0.2, 0.25) is 10.0 Å². The van der Waals surface area contributed by atoms with E-state index in [1.807, 2.05) is 0 Å². The van der Waals surface area contributed by atoms with Crippen LogP contribution in [0.3, 0.4) is 0 Å². The molecule has 3 aromatic rings. The van der Waals surface area contributed by atoms with Crippen LogP contribution in [0.25, 0.3) is 11.0 Å². The highest BCUT2D eigenvalue weighted by Crippen LogP contribution is 2.39. The van der Waals surface area contributed by atoms with Gasteiger partial charge in [-0.1, -0.05) is 41.4 Å². The average Bonchev–Trinajstić information content (AvgIpc) is 2.95. The molecular formula is C20H15Cl2NO4. The smallest absolute Gasteiger partial charge is 0.290 e. The zero-order valence-corrected chi connectivity index (χ0v) is 15.9. The van der Waals surface area contributed by atoms with Gasteiger partial charge >= 0.3 is 0 Å². The number of carbonyl (C=O) groups excluding carboxylic acids is 1. The maximum atomic E-state index is 13.2. The average molecular weight is 404 g/mol. The molecule has 2 heterocycles. The predicted octanol–water partition coefficient (Wildman–Crippen LogP) is 4.29. The van der Waals surface area contributed by atoms with E-state index in [1.165, 1.54) is 0 Å². The number of fused-ring (bicyclic) bond motifs is 2. The normalized spacial score (nSPS) is 16.2. The first-order valence-corrected chi connectivity index (χ1v) is 9.09. The molecule has 0 saturated heterocycles. The maximum absolute atomic E-state index is 13.2. The highest BCUT2D eigenvalue weighted by atomic mass is 35.5. The number of hydrogen-bond donors (Lipinski definition) is 0. The molecule has 2 aromatic carbocycles. The van der Waals surface area contributed by atoms with Crippen molar-refractivity contribution in [3.05, 3.63) is 79.6 Å². The molecule has 0 fully saturated rings. The molecule has 27 heavy (non-hydrogen) atoms. The third kappa shape index (κ3) is 2.92. The number of nitrogens with zero attached hydrogens (tertiary/aromatic N) is 1. The number of methoxy groups -OCH3 is 1. The summed E-state index contributed by atoms with van der Waals surface area (Å²) < 4.78 is 11.0. The van der Waals surface area contributed by atoms with Gasteiger partial charge in [-0.15, -0.1) is 0 Å². The molecule has 0 unspecified atom stereocenters. The van der Waals surface area contributed by atoms with Gasteiger partial charge < -0.3 is 14.1 Å². The van der Waals surface area contributed by atoms with E-state index in [-0.39, 0.29) is 17.1 Å². The van der Waals surface area contributed by atoms with Gasteiger partial charge in [0.15, 0.2) is 5.43 Å². The molecule has 7 heteroatoms. The fourth-order valence-corrected chi connectivity index (χ4v) is 3.72. The Hall–Kier alpha value is -2.34. The summed E-state index contributed by atoms with van der Waals surface area (Å²) in [5.74, 6) is -0.285. The molecule has 138 valence electrons. The zero-order chi connectivity index (χ0) is 19.1. The van der Waals surface area contributed by atoms with Crippen molar-refractivity contribution in [2.75, 3.05) is 20.3 Å². The topological polar surface area (TPSA) is 59.8 Å². The van der Waals surface area contributed by atoms with Crippen molar-refractivity contribution >= 4 is 40.1 Å². The van der Waals surface area contributed by atoms with Gasteiger partial charge in [0.2, 0.25) is 5.76 Å². The Morgan fingerprint density at radius 2 is 1.89 bits per heavy atom. The molecule has 5 nitrogen and oxygen atoms in total. The van der Waals surface area contributed by atoms with Crippen molar-refractivity contribution in [3.8, 4) is 0 Å². The molecule has 0 N–H and O–H groups in total. The number of halogens is 2. The molecule has 1 atom stereocenters. The molecular weight excluding hydrogens is 389 g/mol. The van der Waals surface area contributed by atoms with Gasteiger partial charge in [0.25, 0.3) is 5.91 Å². The second-order valence-electron chi connectivity index (χ2n) is 6.24. The second-order valence-corrected chi connectivity index (χ2v) is 7.05. The number of hydrogen-bond acceptors (Lipinski definition) is 4. The molecule has 0 saturated carbocycles. The Balaban J connectivity index is 1.97. The predicted molar refractivity (Wildman–Crippen MR) is 104 cm³/mol. The number of carbonyl (C=O) groups is 1. The molecule has 1 aliphatic rings. The SMILES string of the molecule is COCCN1C(=O)c2oc3ccccc3c(=O)c2[C@@H]1c1ccc(Cl)c(Cl)c1. The Bertz CT molecular complexity index is 1110. The largest absolute Gasteiger partial charge is 0.450 e. The number of rotatable bonds is 4.